The minimum atomic E-state index is 0.0198. The van der Waals surface area contributed by atoms with Crippen molar-refractivity contribution in [1.82, 2.24) is 4.90 Å². The lowest BCUT2D eigenvalue weighted by atomic mass is 9.86. The molecule has 5 heteroatoms. The van der Waals surface area contributed by atoms with Gasteiger partial charge in [-0.2, -0.15) is 0 Å². The highest BCUT2D eigenvalue weighted by atomic mass is 35.5. The molecular formula is C13H17Cl2NOS. The molecule has 1 aliphatic carbocycles. The predicted octanol–water partition coefficient (Wildman–Crippen LogP) is 3.47. The van der Waals surface area contributed by atoms with E-state index in [1.54, 1.807) is 16.2 Å². The predicted molar refractivity (Wildman–Crippen MR) is 78.0 cm³/mol. The fourth-order valence-electron chi connectivity index (χ4n) is 2.50. The Balaban J connectivity index is 2.14. The third-order valence-corrected chi connectivity index (χ3v) is 4.71. The topological polar surface area (TPSA) is 20.3 Å². The molecule has 1 aromatic rings. The lowest BCUT2D eigenvalue weighted by Crippen LogP contribution is -2.38. The maximum atomic E-state index is 12.6. The normalized spacial score (nSPS) is 18.4. The second-order valence-electron chi connectivity index (χ2n) is 4.45. The summed E-state index contributed by atoms with van der Waals surface area (Å²) in [5.41, 5.74) is 1.23. The number of nitrogens with zero attached hydrogens (tertiary/aromatic N) is 1. The summed E-state index contributed by atoms with van der Waals surface area (Å²) in [7, 11) is 0. The average Bonchev–Trinajstić information content (AvgIpc) is 2.85. The van der Waals surface area contributed by atoms with Crippen LogP contribution in [-0.4, -0.2) is 35.7 Å². The number of aryl methyl sites for hydroxylation is 1. The van der Waals surface area contributed by atoms with Crippen molar-refractivity contribution in [3.8, 4) is 0 Å². The lowest BCUT2D eigenvalue weighted by Gasteiger charge is -2.28. The molecule has 1 unspecified atom stereocenters. The van der Waals surface area contributed by atoms with Gasteiger partial charge in [-0.05, 0) is 36.3 Å². The summed E-state index contributed by atoms with van der Waals surface area (Å²) in [5, 5.41) is 2.09. The van der Waals surface area contributed by atoms with Gasteiger partial charge < -0.3 is 4.90 Å². The maximum absolute atomic E-state index is 12.6. The van der Waals surface area contributed by atoms with Crippen LogP contribution in [0.4, 0.5) is 0 Å². The first-order valence-corrected chi connectivity index (χ1v) is 8.19. The highest BCUT2D eigenvalue weighted by molar-refractivity contribution is 7.10. The van der Waals surface area contributed by atoms with Gasteiger partial charge in [0.25, 0.3) is 0 Å². The molecule has 100 valence electrons. The largest absolute Gasteiger partial charge is 0.340 e. The van der Waals surface area contributed by atoms with Gasteiger partial charge in [0.05, 0.1) is 5.92 Å². The summed E-state index contributed by atoms with van der Waals surface area (Å²) in [6.07, 6.45) is 3.16. The molecule has 0 radical (unpaired) electrons. The molecule has 1 heterocycles. The van der Waals surface area contributed by atoms with Crippen LogP contribution in [0.5, 0.6) is 0 Å². The highest BCUT2D eigenvalue weighted by Crippen LogP contribution is 2.36. The van der Waals surface area contributed by atoms with Crippen molar-refractivity contribution < 1.29 is 4.79 Å². The Labute approximate surface area is 122 Å². The van der Waals surface area contributed by atoms with Crippen LogP contribution in [0.25, 0.3) is 0 Å². The zero-order valence-electron chi connectivity index (χ0n) is 10.2. The van der Waals surface area contributed by atoms with E-state index in [9.17, 15) is 4.79 Å². The van der Waals surface area contributed by atoms with Gasteiger partial charge in [0.1, 0.15) is 0 Å². The van der Waals surface area contributed by atoms with Crippen molar-refractivity contribution >= 4 is 40.4 Å². The maximum Gasteiger partial charge on any atom is 0.230 e. The minimum Gasteiger partial charge on any atom is -0.340 e. The Bertz CT molecular complexity index is 401. The first-order chi connectivity index (χ1) is 8.77. The van der Waals surface area contributed by atoms with Crippen LogP contribution in [-0.2, 0) is 11.2 Å². The number of halogens is 2. The first-order valence-electron chi connectivity index (χ1n) is 6.25. The lowest BCUT2D eigenvalue weighted by molar-refractivity contribution is -0.132. The number of rotatable bonds is 5. The molecule has 0 saturated heterocycles. The molecule has 1 amide bonds. The van der Waals surface area contributed by atoms with Gasteiger partial charge in [0.15, 0.2) is 0 Å². The van der Waals surface area contributed by atoms with Crippen LogP contribution in [0.3, 0.4) is 0 Å². The van der Waals surface area contributed by atoms with Crippen molar-refractivity contribution in [2.45, 2.75) is 25.2 Å². The Morgan fingerprint density at radius 1 is 1.39 bits per heavy atom. The van der Waals surface area contributed by atoms with Gasteiger partial charge in [-0.15, -0.1) is 34.5 Å². The molecule has 0 spiro atoms. The highest BCUT2D eigenvalue weighted by Gasteiger charge is 2.30. The smallest absolute Gasteiger partial charge is 0.230 e. The Kier molecular flexibility index (Phi) is 5.34. The zero-order chi connectivity index (χ0) is 13.0. The van der Waals surface area contributed by atoms with Gasteiger partial charge in [0, 0.05) is 29.7 Å². The number of thiophene rings is 1. The molecule has 0 N–H and O–H groups in total. The summed E-state index contributed by atoms with van der Waals surface area (Å²) in [5.74, 6) is 1.14. The summed E-state index contributed by atoms with van der Waals surface area (Å²) in [6.45, 7) is 1.17. The number of hydrogen-bond donors (Lipinski definition) is 0. The van der Waals surface area contributed by atoms with Crippen LogP contribution in [0.1, 0.15) is 29.2 Å². The Morgan fingerprint density at radius 3 is 2.78 bits per heavy atom. The van der Waals surface area contributed by atoms with Crippen LogP contribution in [0.2, 0.25) is 0 Å². The zero-order valence-corrected chi connectivity index (χ0v) is 12.5. The van der Waals surface area contributed by atoms with E-state index in [0.29, 0.717) is 24.8 Å². The van der Waals surface area contributed by atoms with E-state index in [-0.39, 0.29) is 11.8 Å². The van der Waals surface area contributed by atoms with Gasteiger partial charge >= 0.3 is 0 Å². The Hall–Kier alpha value is -0.250. The summed E-state index contributed by atoms with van der Waals surface area (Å²) in [4.78, 5) is 15.7. The average molecular weight is 306 g/mol. The molecule has 2 nitrogen and oxygen atoms in total. The van der Waals surface area contributed by atoms with Gasteiger partial charge in [0.2, 0.25) is 5.91 Å². The molecule has 0 fully saturated rings. The first kappa shape index (κ1) is 14.2. The molecule has 1 aliphatic rings. The van der Waals surface area contributed by atoms with Crippen molar-refractivity contribution in [3.63, 3.8) is 0 Å². The summed E-state index contributed by atoms with van der Waals surface area (Å²) in [6, 6.07) is 2.10. The van der Waals surface area contributed by atoms with Crippen LogP contribution in [0, 0.1) is 0 Å². The summed E-state index contributed by atoms with van der Waals surface area (Å²) < 4.78 is 0. The monoisotopic (exact) mass is 305 g/mol. The van der Waals surface area contributed by atoms with E-state index in [0.717, 1.165) is 19.3 Å². The third kappa shape index (κ3) is 3.01. The number of carbonyl (C=O) groups excluding carboxylic acids is 1. The molecular weight excluding hydrogens is 289 g/mol. The quantitative estimate of drug-likeness (QED) is 0.763. The second-order valence-corrected chi connectivity index (χ2v) is 6.20. The van der Waals surface area contributed by atoms with E-state index in [2.05, 4.69) is 11.4 Å². The van der Waals surface area contributed by atoms with Crippen LogP contribution in [0.15, 0.2) is 11.4 Å². The number of alkyl halides is 2. The van der Waals surface area contributed by atoms with Crippen LogP contribution >= 0.6 is 34.5 Å². The number of carbonyl (C=O) groups is 1. The van der Waals surface area contributed by atoms with Crippen molar-refractivity contribution in [1.29, 1.82) is 0 Å². The SMILES string of the molecule is O=C(C1CCCc2sccc21)N(CCCl)CCCl. The summed E-state index contributed by atoms with van der Waals surface area (Å²) >= 11 is 13.3. The molecule has 1 atom stereocenters. The van der Waals surface area contributed by atoms with E-state index in [1.807, 2.05) is 0 Å². The van der Waals surface area contributed by atoms with Crippen LogP contribution < -0.4 is 0 Å². The van der Waals surface area contributed by atoms with E-state index >= 15 is 0 Å². The molecule has 2 rings (SSSR count). The van der Waals surface area contributed by atoms with Gasteiger partial charge in [-0.1, -0.05) is 0 Å². The minimum absolute atomic E-state index is 0.0198. The van der Waals surface area contributed by atoms with Gasteiger partial charge in [-0.3, -0.25) is 4.79 Å². The van der Waals surface area contributed by atoms with Crippen molar-refractivity contribution in [3.05, 3.63) is 21.9 Å². The van der Waals surface area contributed by atoms with Gasteiger partial charge in [-0.25, -0.2) is 0 Å². The molecule has 18 heavy (non-hydrogen) atoms. The van der Waals surface area contributed by atoms with Crippen molar-refractivity contribution in [2.24, 2.45) is 0 Å². The molecule has 1 aromatic heterocycles. The number of amides is 1. The molecule has 0 aliphatic heterocycles. The third-order valence-electron chi connectivity index (χ3n) is 3.37. The molecule has 0 bridgehead atoms. The standard InChI is InChI=1S/C13H17Cl2NOS/c14-5-7-16(8-6-15)13(17)11-2-1-3-12-10(11)4-9-18-12/h4,9,11H,1-3,5-8H2. The second kappa shape index (κ2) is 6.78. The fraction of sp³-hybridized carbons (Fsp3) is 0.615. The molecule has 0 saturated carbocycles. The van der Waals surface area contributed by atoms with E-state index < -0.39 is 0 Å². The molecule has 0 aromatic carbocycles. The van der Waals surface area contributed by atoms with Crippen molar-refractivity contribution in [2.75, 3.05) is 24.8 Å². The fourth-order valence-corrected chi connectivity index (χ4v) is 3.90. The van der Waals surface area contributed by atoms with E-state index in [1.165, 1.54) is 10.4 Å². The van der Waals surface area contributed by atoms with E-state index in [4.69, 9.17) is 23.2 Å². The Morgan fingerprint density at radius 2 is 2.11 bits per heavy atom. The number of fused-ring (bicyclic) bond motifs is 1. The number of hydrogen-bond acceptors (Lipinski definition) is 2.